The molecule has 2 N–H and O–H groups in total. The van der Waals surface area contributed by atoms with Gasteiger partial charge in [0.25, 0.3) is 0 Å². The fourth-order valence-electron chi connectivity index (χ4n) is 3.46. The molecule has 0 bridgehead atoms. The number of hydrogen-bond acceptors (Lipinski definition) is 5. The number of benzene rings is 2. The predicted octanol–water partition coefficient (Wildman–Crippen LogP) is 4.03. The lowest BCUT2D eigenvalue weighted by Crippen LogP contribution is -2.48. The minimum atomic E-state index is -1.58. The van der Waals surface area contributed by atoms with E-state index in [1.165, 1.54) is 12.1 Å². The highest BCUT2D eigenvalue weighted by atomic mass is 19.2. The van der Waals surface area contributed by atoms with Crippen LogP contribution in [0, 0.1) is 23.3 Å². The number of anilines is 1. The monoisotopic (exact) mass is 407 g/mol. The average molecular weight is 407 g/mol. The van der Waals surface area contributed by atoms with Gasteiger partial charge in [-0.3, -0.25) is 4.90 Å². The maximum absolute atomic E-state index is 13.6. The van der Waals surface area contributed by atoms with Crippen molar-refractivity contribution in [3.63, 3.8) is 0 Å². The van der Waals surface area contributed by atoms with Crippen molar-refractivity contribution in [2.45, 2.75) is 32.3 Å². The fourth-order valence-corrected chi connectivity index (χ4v) is 3.46. The van der Waals surface area contributed by atoms with Crippen LogP contribution in [0.25, 0.3) is 11.3 Å². The summed E-state index contributed by atoms with van der Waals surface area (Å²) in [7, 11) is 0. The molecule has 0 fully saturated rings. The van der Waals surface area contributed by atoms with Gasteiger partial charge in [0, 0.05) is 48.0 Å². The molecular formula is C20H17F4N3O2. The van der Waals surface area contributed by atoms with Gasteiger partial charge in [-0.15, -0.1) is 0 Å². The molecule has 0 aliphatic carbocycles. The molecule has 2 aromatic carbocycles. The third-order valence-corrected chi connectivity index (χ3v) is 4.95. The molecule has 0 radical (unpaired) electrons. The Morgan fingerprint density at radius 1 is 1.17 bits per heavy atom. The summed E-state index contributed by atoms with van der Waals surface area (Å²) < 4.78 is 59.0. The van der Waals surface area contributed by atoms with Gasteiger partial charge in [-0.1, -0.05) is 17.3 Å². The number of aromatic nitrogens is 1. The van der Waals surface area contributed by atoms with Gasteiger partial charge < -0.3 is 14.9 Å². The van der Waals surface area contributed by atoms with E-state index in [0.717, 1.165) is 12.1 Å². The van der Waals surface area contributed by atoms with Gasteiger partial charge in [0.1, 0.15) is 5.82 Å². The lowest BCUT2D eigenvalue weighted by molar-refractivity contribution is -0.0120. The molecule has 1 aliphatic rings. The largest absolute Gasteiger partial charge is 0.361 e. The Bertz CT molecular complexity index is 1030. The van der Waals surface area contributed by atoms with Crippen LogP contribution in [0.3, 0.4) is 0 Å². The molecule has 0 saturated carbocycles. The molecule has 152 valence electrons. The summed E-state index contributed by atoms with van der Waals surface area (Å²) in [6, 6.07) is 7.21. The van der Waals surface area contributed by atoms with E-state index in [1.54, 1.807) is 17.0 Å². The summed E-state index contributed by atoms with van der Waals surface area (Å²) in [5.74, 6) is -4.33. The summed E-state index contributed by atoms with van der Waals surface area (Å²) in [6.45, 7) is 2.04. The van der Waals surface area contributed by atoms with Crippen molar-refractivity contribution in [1.29, 1.82) is 0 Å². The first-order chi connectivity index (χ1) is 13.8. The number of aliphatic hydroxyl groups is 1. The number of hydrogen-bond donors (Lipinski definition) is 2. The molecular weight excluding hydrogens is 390 g/mol. The van der Waals surface area contributed by atoms with Gasteiger partial charge in [-0.2, -0.15) is 0 Å². The third kappa shape index (κ3) is 3.70. The van der Waals surface area contributed by atoms with Crippen LogP contribution in [0.15, 0.2) is 40.9 Å². The minimum Gasteiger partial charge on any atom is -0.361 e. The number of nitrogens with zero attached hydrogens (tertiary/aromatic N) is 2. The molecule has 0 saturated heterocycles. The molecule has 1 aromatic heterocycles. The topological polar surface area (TPSA) is 61.5 Å². The number of aliphatic hydroxyl groups excluding tert-OH is 1. The van der Waals surface area contributed by atoms with Crippen LogP contribution in [0.5, 0.6) is 0 Å². The number of rotatable bonds is 4. The highest BCUT2D eigenvalue weighted by Crippen LogP contribution is 2.33. The van der Waals surface area contributed by atoms with Gasteiger partial charge in [0.15, 0.2) is 29.6 Å². The van der Waals surface area contributed by atoms with Crippen molar-refractivity contribution >= 4 is 5.69 Å². The maximum Gasteiger partial charge on any atom is 0.194 e. The molecule has 5 nitrogen and oxygen atoms in total. The Morgan fingerprint density at radius 2 is 1.90 bits per heavy atom. The van der Waals surface area contributed by atoms with Gasteiger partial charge in [-0.05, 0) is 19.1 Å². The molecule has 2 atom stereocenters. The number of halogens is 4. The SMILES string of the molecule is C[C@H]1Cc2noc(-c3cccc(F)c3)c2CN1C(O)Nc1cc(F)c(F)c(F)c1. The Hall–Kier alpha value is -2.91. The summed E-state index contributed by atoms with van der Waals surface area (Å²) in [4.78, 5) is 1.63. The van der Waals surface area contributed by atoms with Gasteiger partial charge >= 0.3 is 0 Å². The van der Waals surface area contributed by atoms with Gasteiger partial charge in [0.2, 0.25) is 0 Å². The van der Waals surface area contributed by atoms with Crippen molar-refractivity contribution < 1.29 is 27.2 Å². The van der Waals surface area contributed by atoms with E-state index >= 15 is 0 Å². The first kappa shape index (κ1) is 19.4. The average Bonchev–Trinajstić information content (AvgIpc) is 3.08. The quantitative estimate of drug-likeness (QED) is 0.389. The second-order valence-corrected chi connectivity index (χ2v) is 6.94. The predicted molar refractivity (Wildman–Crippen MR) is 96.6 cm³/mol. The zero-order valence-electron chi connectivity index (χ0n) is 15.3. The molecule has 3 aromatic rings. The van der Waals surface area contributed by atoms with E-state index in [2.05, 4.69) is 10.5 Å². The molecule has 1 aliphatic heterocycles. The zero-order chi connectivity index (χ0) is 20.7. The highest BCUT2D eigenvalue weighted by molar-refractivity contribution is 5.62. The first-order valence-electron chi connectivity index (χ1n) is 8.91. The summed E-state index contributed by atoms with van der Waals surface area (Å²) in [6.07, 6.45) is -0.878. The van der Waals surface area contributed by atoms with E-state index in [4.69, 9.17) is 4.52 Å². The molecule has 4 rings (SSSR count). The second kappa shape index (κ2) is 7.49. The smallest absolute Gasteiger partial charge is 0.194 e. The third-order valence-electron chi connectivity index (χ3n) is 4.95. The van der Waals surface area contributed by atoms with Gasteiger partial charge in [0.05, 0.1) is 5.69 Å². The maximum atomic E-state index is 13.6. The zero-order valence-corrected chi connectivity index (χ0v) is 15.3. The lowest BCUT2D eigenvalue weighted by Gasteiger charge is -2.36. The van der Waals surface area contributed by atoms with Crippen LogP contribution in [0.4, 0.5) is 23.2 Å². The molecule has 1 unspecified atom stereocenters. The van der Waals surface area contributed by atoms with Crippen LogP contribution in [0.1, 0.15) is 18.2 Å². The van der Waals surface area contributed by atoms with E-state index in [0.29, 0.717) is 29.0 Å². The van der Waals surface area contributed by atoms with E-state index in [-0.39, 0.29) is 18.3 Å². The lowest BCUT2D eigenvalue weighted by atomic mass is 9.97. The van der Waals surface area contributed by atoms with Crippen LogP contribution in [0.2, 0.25) is 0 Å². The molecule has 9 heteroatoms. The van der Waals surface area contributed by atoms with Crippen molar-refractivity contribution in [2.24, 2.45) is 0 Å². The van der Waals surface area contributed by atoms with Crippen molar-refractivity contribution in [3.05, 3.63) is 70.9 Å². The minimum absolute atomic E-state index is 0.109. The highest BCUT2D eigenvalue weighted by Gasteiger charge is 2.33. The summed E-state index contributed by atoms with van der Waals surface area (Å²) in [5.41, 5.74) is 1.78. The Morgan fingerprint density at radius 3 is 2.59 bits per heavy atom. The van der Waals surface area contributed by atoms with E-state index in [9.17, 15) is 22.7 Å². The van der Waals surface area contributed by atoms with Crippen molar-refractivity contribution in [1.82, 2.24) is 10.1 Å². The van der Waals surface area contributed by atoms with Crippen LogP contribution >= 0.6 is 0 Å². The van der Waals surface area contributed by atoms with E-state index in [1.807, 2.05) is 6.92 Å². The normalized spacial score (nSPS) is 17.8. The van der Waals surface area contributed by atoms with Crippen LogP contribution < -0.4 is 5.32 Å². The molecule has 29 heavy (non-hydrogen) atoms. The van der Waals surface area contributed by atoms with Crippen molar-refractivity contribution in [3.8, 4) is 11.3 Å². The van der Waals surface area contributed by atoms with Crippen molar-refractivity contribution in [2.75, 3.05) is 5.32 Å². The molecule has 2 heterocycles. The Labute approximate surface area is 163 Å². The number of fused-ring (bicyclic) bond motifs is 1. The van der Waals surface area contributed by atoms with Crippen LogP contribution in [-0.2, 0) is 13.0 Å². The fraction of sp³-hybridized carbons (Fsp3) is 0.250. The summed E-state index contributed by atoms with van der Waals surface area (Å²) in [5, 5.41) is 17.2. The molecule has 0 spiro atoms. The van der Waals surface area contributed by atoms with E-state index < -0.39 is 29.6 Å². The number of nitrogens with one attached hydrogen (secondary N) is 1. The van der Waals surface area contributed by atoms with Crippen LogP contribution in [-0.4, -0.2) is 27.6 Å². The standard InChI is InChI=1S/C20H17F4N3O2/c1-10-5-17-14(19(29-26-17)11-3-2-4-12(21)6-11)9-27(10)20(28)25-13-7-15(22)18(24)16(23)8-13/h2-4,6-8,10,20,25,28H,5,9H2,1H3/t10-,20?/m0/s1. The Balaban J connectivity index is 1.59. The first-order valence-corrected chi connectivity index (χ1v) is 8.91. The Kier molecular flexibility index (Phi) is 5.01. The van der Waals surface area contributed by atoms with Gasteiger partial charge in [-0.25, -0.2) is 17.6 Å². The summed E-state index contributed by atoms with van der Waals surface area (Å²) >= 11 is 0. The second-order valence-electron chi connectivity index (χ2n) is 6.94. The molecule has 0 amide bonds.